The second kappa shape index (κ2) is 5.54. The van der Waals surface area contributed by atoms with Crippen molar-refractivity contribution in [2.24, 2.45) is 0 Å². The Bertz CT molecular complexity index is 542. The molecule has 1 aromatic carbocycles. The third kappa shape index (κ3) is 3.11. The molecule has 0 bridgehead atoms. The maximum Gasteiger partial charge on any atom is 0.162 e. The Labute approximate surface area is 108 Å². The first kappa shape index (κ1) is 13.1. The monoisotopic (exact) mass is 269 g/mol. The van der Waals surface area contributed by atoms with Gasteiger partial charge in [-0.2, -0.15) is 0 Å². The Morgan fingerprint density at radius 1 is 1.33 bits per heavy atom. The summed E-state index contributed by atoms with van der Waals surface area (Å²) in [5, 5.41) is 12.6. The summed E-state index contributed by atoms with van der Waals surface area (Å²) in [5.74, 6) is -1.77. The molecule has 0 aliphatic rings. The Kier molecular flexibility index (Phi) is 4.04. The number of benzene rings is 1. The molecule has 1 atom stereocenters. The van der Waals surface area contributed by atoms with Crippen LogP contribution in [0, 0.1) is 18.6 Å². The summed E-state index contributed by atoms with van der Waals surface area (Å²) < 4.78 is 26.4. The van der Waals surface area contributed by atoms with Crippen molar-refractivity contribution in [1.29, 1.82) is 0 Å². The van der Waals surface area contributed by atoms with E-state index in [0.29, 0.717) is 6.42 Å². The van der Waals surface area contributed by atoms with Crippen LogP contribution in [0.2, 0.25) is 0 Å². The number of aliphatic hydroxyl groups is 1. The standard InChI is InChI=1S/C13H13F2NOS/c1-8-7-18-12(16-8)6-10(17)5-9-3-2-4-11(14)13(9)15/h2-4,7,10,17H,5-6H2,1H3. The molecule has 1 N–H and O–H groups in total. The lowest BCUT2D eigenvalue weighted by molar-refractivity contribution is 0.173. The zero-order valence-corrected chi connectivity index (χ0v) is 10.7. The normalized spacial score (nSPS) is 12.7. The molecule has 0 saturated heterocycles. The first-order chi connectivity index (χ1) is 8.56. The van der Waals surface area contributed by atoms with Crippen molar-refractivity contribution in [2.45, 2.75) is 25.9 Å². The number of thiazole rings is 1. The third-order valence-electron chi connectivity index (χ3n) is 2.56. The SMILES string of the molecule is Cc1csc(CC(O)Cc2cccc(F)c2F)n1. The van der Waals surface area contributed by atoms with Crippen molar-refractivity contribution < 1.29 is 13.9 Å². The van der Waals surface area contributed by atoms with Crippen molar-refractivity contribution in [2.75, 3.05) is 0 Å². The van der Waals surface area contributed by atoms with Crippen LogP contribution in [-0.4, -0.2) is 16.2 Å². The van der Waals surface area contributed by atoms with Crippen molar-refractivity contribution in [3.8, 4) is 0 Å². The van der Waals surface area contributed by atoms with Gasteiger partial charge in [0.2, 0.25) is 0 Å². The quantitative estimate of drug-likeness (QED) is 0.925. The molecular formula is C13H13F2NOS. The van der Waals surface area contributed by atoms with Gasteiger partial charge in [0.1, 0.15) is 0 Å². The second-order valence-corrected chi connectivity index (χ2v) is 5.10. The number of halogens is 2. The lowest BCUT2D eigenvalue weighted by Crippen LogP contribution is -2.15. The minimum Gasteiger partial charge on any atom is -0.392 e. The van der Waals surface area contributed by atoms with E-state index in [2.05, 4.69) is 4.98 Å². The van der Waals surface area contributed by atoms with E-state index in [4.69, 9.17) is 0 Å². The van der Waals surface area contributed by atoms with Gasteiger partial charge in [0.25, 0.3) is 0 Å². The fraction of sp³-hybridized carbons (Fsp3) is 0.308. The van der Waals surface area contributed by atoms with Gasteiger partial charge in [-0.25, -0.2) is 13.8 Å². The Morgan fingerprint density at radius 2 is 2.11 bits per heavy atom. The van der Waals surface area contributed by atoms with Crippen LogP contribution in [0.4, 0.5) is 8.78 Å². The molecule has 2 rings (SSSR count). The van der Waals surface area contributed by atoms with E-state index in [0.717, 1.165) is 16.8 Å². The van der Waals surface area contributed by atoms with Gasteiger partial charge in [-0.05, 0) is 18.6 Å². The lowest BCUT2D eigenvalue weighted by atomic mass is 10.1. The smallest absolute Gasteiger partial charge is 0.162 e. The zero-order valence-electron chi connectivity index (χ0n) is 9.86. The summed E-state index contributed by atoms with van der Waals surface area (Å²) in [7, 11) is 0. The highest BCUT2D eigenvalue weighted by molar-refractivity contribution is 7.09. The molecule has 2 nitrogen and oxygen atoms in total. The van der Waals surface area contributed by atoms with Crippen molar-refractivity contribution in [3.63, 3.8) is 0 Å². The summed E-state index contributed by atoms with van der Waals surface area (Å²) in [6.45, 7) is 1.87. The number of hydrogen-bond donors (Lipinski definition) is 1. The summed E-state index contributed by atoms with van der Waals surface area (Å²) in [6.07, 6.45) is -0.316. The summed E-state index contributed by atoms with van der Waals surface area (Å²) in [4.78, 5) is 4.22. The minimum atomic E-state index is -0.884. The summed E-state index contributed by atoms with van der Waals surface area (Å²) in [5.41, 5.74) is 1.09. The van der Waals surface area contributed by atoms with Crippen LogP contribution < -0.4 is 0 Å². The second-order valence-electron chi connectivity index (χ2n) is 4.16. The Hall–Kier alpha value is -1.33. The molecule has 0 aliphatic heterocycles. The van der Waals surface area contributed by atoms with Crippen molar-refractivity contribution in [3.05, 3.63) is 51.5 Å². The maximum atomic E-state index is 13.4. The van der Waals surface area contributed by atoms with Crippen molar-refractivity contribution >= 4 is 11.3 Å². The minimum absolute atomic E-state index is 0.0855. The van der Waals surface area contributed by atoms with Gasteiger partial charge >= 0.3 is 0 Å². The molecule has 96 valence electrons. The largest absolute Gasteiger partial charge is 0.392 e. The molecule has 0 saturated carbocycles. The van der Waals surface area contributed by atoms with Crippen LogP contribution in [0.1, 0.15) is 16.3 Å². The highest BCUT2D eigenvalue weighted by Crippen LogP contribution is 2.16. The molecule has 1 aromatic heterocycles. The predicted octanol–water partition coefficient (Wildman–Crippen LogP) is 2.88. The number of aryl methyl sites for hydroxylation is 1. The van der Waals surface area contributed by atoms with E-state index in [1.165, 1.54) is 23.5 Å². The van der Waals surface area contributed by atoms with Gasteiger partial charge < -0.3 is 5.11 Å². The zero-order chi connectivity index (χ0) is 13.1. The van der Waals surface area contributed by atoms with E-state index in [1.54, 1.807) is 0 Å². The summed E-state index contributed by atoms with van der Waals surface area (Å²) in [6, 6.07) is 3.98. The van der Waals surface area contributed by atoms with Gasteiger partial charge in [-0.3, -0.25) is 0 Å². The topological polar surface area (TPSA) is 33.1 Å². The van der Waals surface area contributed by atoms with Crippen LogP contribution in [0.15, 0.2) is 23.6 Å². The predicted molar refractivity (Wildman–Crippen MR) is 66.6 cm³/mol. The number of aliphatic hydroxyl groups excluding tert-OH is 1. The molecule has 0 aliphatic carbocycles. The van der Waals surface area contributed by atoms with Crippen LogP contribution in [-0.2, 0) is 12.8 Å². The molecule has 0 spiro atoms. The fourth-order valence-electron chi connectivity index (χ4n) is 1.73. The Morgan fingerprint density at radius 3 is 2.78 bits per heavy atom. The molecule has 1 unspecified atom stereocenters. The van der Waals surface area contributed by atoms with Gasteiger partial charge in [0, 0.05) is 23.9 Å². The molecule has 0 fully saturated rings. The third-order valence-corrected chi connectivity index (χ3v) is 3.55. The molecule has 0 amide bonds. The first-order valence-corrected chi connectivity index (χ1v) is 6.46. The van der Waals surface area contributed by atoms with E-state index < -0.39 is 17.7 Å². The van der Waals surface area contributed by atoms with Gasteiger partial charge in [-0.1, -0.05) is 12.1 Å². The van der Waals surface area contributed by atoms with Crippen LogP contribution in [0.3, 0.4) is 0 Å². The molecule has 18 heavy (non-hydrogen) atoms. The molecule has 1 heterocycles. The highest BCUT2D eigenvalue weighted by Gasteiger charge is 2.14. The van der Waals surface area contributed by atoms with Crippen molar-refractivity contribution in [1.82, 2.24) is 4.98 Å². The fourth-order valence-corrected chi connectivity index (χ4v) is 2.57. The molecular weight excluding hydrogens is 256 g/mol. The average Bonchev–Trinajstić information content (AvgIpc) is 2.70. The number of nitrogens with zero attached hydrogens (tertiary/aromatic N) is 1. The first-order valence-electron chi connectivity index (χ1n) is 5.58. The van der Waals surface area contributed by atoms with Crippen LogP contribution >= 0.6 is 11.3 Å². The number of rotatable bonds is 4. The van der Waals surface area contributed by atoms with E-state index in [-0.39, 0.29) is 12.0 Å². The van der Waals surface area contributed by atoms with E-state index in [9.17, 15) is 13.9 Å². The van der Waals surface area contributed by atoms with Gasteiger partial charge in [-0.15, -0.1) is 11.3 Å². The molecule has 5 heteroatoms. The van der Waals surface area contributed by atoms with Gasteiger partial charge in [0.15, 0.2) is 11.6 Å². The number of hydrogen-bond acceptors (Lipinski definition) is 3. The summed E-state index contributed by atoms with van der Waals surface area (Å²) >= 11 is 1.46. The van der Waals surface area contributed by atoms with Crippen LogP contribution in [0.25, 0.3) is 0 Å². The number of aromatic nitrogens is 1. The Balaban J connectivity index is 2.03. The van der Waals surface area contributed by atoms with Gasteiger partial charge in [0.05, 0.1) is 11.1 Å². The van der Waals surface area contributed by atoms with Crippen LogP contribution in [0.5, 0.6) is 0 Å². The maximum absolute atomic E-state index is 13.4. The molecule has 0 radical (unpaired) electrons. The average molecular weight is 269 g/mol. The van der Waals surface area contributed by atoms with E-state index in [1.807, 2.05) is 12.3 Å². The van der Waals surface area contributed by atoms with E-state index >= 15 is 0 Å². The lowest BCUT2D eigenvalue weighted by Gasteiger charge is -2.09. The molecule has 2 aromatic rings. The highest BCUT2D eigenvalue weighted by atomic mass is 32.1.